The fraction of sp³-hybridized carbons (Fsp3) is 0.345. The van der Waals surface area contributed by atoms with Crippen molar-refractivity contribution in [3.63, 3.8) is 0 Å². The van der Waals surface area contributed by atoms with Crippen LogP contribution in [0.5, 0.6) is 5.75 Å². The van der Waals surface area contributed by atoms with Crippen LogP contribution in [0.25, 0.3) is 0 Å². The minimum atomic E-state index is -0.896. The van der Waals surface area contributed by atoms with E-state index >= 15 is 0 Å². The van der Waals surface area contributed by atoms with Crippen LogP contribution in [0.4, 0.5) is 5.69 Å². The number of Topliss-reactive ketones (excluding diaryl/α,β-unsaturated/α-hetero) is 1. The molecule has 0 radical (unpaired) electrons. The first-order chi connectivity index (χ1) is 17.5. The fourth-order valence-corrected chi connectivity index (χ4v) is 5.39. The lowest BCUT2D eigenvalue weighted by molar-refractivity contribution is -0.127. The number of amides is 2. The predicted molar refractivity (Wildman–Crippen MR) is 143 cm³/mol. The van der Waals surface area contributed by atoms with Gasteiger partial charge in [0.05, 0.1) is 13.5 Å². The summed E-state index contributed by atoms with van der Waals surface area (Å²) in [4.78, 5) is 42.4. The molecular weight excluding hydrogens is 472 g/mol. The first-order valence-corrected chi connectivity index (χ1v) is 13.2. The minimum Gasteiger partial charge on any atom is -0.497 e. The summed E-state index contributed by atoms with van der Waals surface area (Å²) in [6.45, 7) is 1.49. The zero-order chi connectivity index (χ0) is 25.5. The average molecular weight is 505 g/mol. The maximum absolute atomic E-state index is 13.9. The molecule has 36 heavy (non-hydrogen) atoms. The number of anilines is 1. The van der Waals surface area contributed by atoms with Gasteiger partial charge in [0.25, 0.3) is 0 Å². The molecule has 1 N–H and O–H groups in total. The lowest BCUT2D eigenvalue weighted by Crippen LogP contribution is -2.47. The van der Waals surface area contributed by atoms with Crippen molar-refractivity contribution in [1.82, 2.24) is 5.32 Å². The SMILES string of the molecule is COc1ccc(C(C(=O)NC2CCCCC2)N(C(=O)Cc2cccs2)c2cccc(C(C)=O)c2)cc1. The monoisotopic (exact) mass is 504 g/mol. The Morgan fingerprint density at radius 2 is 1.78 bits per heavy atom. The van der Waals surface area contributed by atoms with Gasteiger partial charge in [-0.25, -0.2) is 0 Å². The second-order valence-corrected chi connectivity index (χ2v) is 10.2. The highest BCUT2D eigenvalue weighted by Crippen LogP contribution is 2.32. The first-order valence-electron chi connectivity index (χ1n) is 12.4. The lowest BCUT2D eigenvalue weighted by Gasteiger charge is -2.33. The Labute approximate surface area is 216 Å². The molecule has 6 nitrogen and oxygen atoms in total. The normalized spacial score (nSPS) is 14.6. The molecule has 1 aliphatic carbocycles. The summed E-state index contributed by atoms with van der Waals surface area (Å²) in [7, 11) is 1.59. The maximum atomic E-state index is 13.9. The van der Waals surface area contributed by atoms with Crippen molar-refractivity contribution in [1.29, 1.82) is 0 Å². The van der Waals surface area contributed by atoms with Crippen LogP contribution in [0.15, 0.2) is 66.0 Å². The third-order valence-corrected chi connectivity index (χ3v) is 7.47. The molecule has 4 rings (SSSR count). The molecule has 7 heteroatoms. The van der Waals surface area contributed by atoms with Gasteiger partial charge in [0.15, 0.2) is 5.78 Å². The van der Waals surface area contributed by atoms with Crippen molar-refractivity contribution >= 4 is 34.6 Å². The Morgan fingerprint density at radius 3 is 2.42 bits per heavy atom. The van der Waals surface area contributed by atoms with Crippen LogP contribution in [0.3, 0.4) is 0 Å². The first kappa shape index (κ1) is 25.6. The Bertz CT molecular complexity index is 1180. The molecule has 0 aliphatic heterocycles. The van der Waals surface area contributed by atoms with Crippen molar-refractivity contribution in [2.45, 2.75) is 57.5 Å². The molecule has 2 amide bonds. The second kappa shape index (κ2) is 12.0. The van der Waals surface area contributed by atoms with Gasteiger partial charge in [-0.15, -0.1) is 11.3 Å². The van der Waals surface area contributed by atoms with Gasteiger partial charge in [0, 0.05) is 22.2 Å². The van der Waals surface area contributed by atoms with E-state index in [0.29, 0.717) is 22.6 Å². The van der Waals surface area contributed by atoms with E-state index in [1.807, 2.05) is 29.6 Å². The Morgan fingerprint density at radius 1 is 1.03 bits per heavy atom. The van der Waals surface area contributed by atoms with Crippen molar-refractivity contribution < 1.29 is 19.1 Å². The molecule has 1 atom stereocenters. The summed E-state index contributed by atoms with van der Waals surface area (Å²) < 4.78 is 5.32. The van der Waals surface area contributed by atoms with E-state index < -0.39 is 6.04 Å². The van der Waals surface area contributed by atoms with E-state index in [1.165, 1.54) is 24.7 Å². The molecule has 2 aromatic carbocycles. The zero-order valence-electron chi connectivity index (χ0n) is 20.7. The van der Waals surface area contributed by atoms with E-state index in [2.05, 4.69) is 5.32 Å². The number of ether oxygens (including phenoxy) is 1. The number of benzene rings is 2. The number of ketones is 1. The van der Waals surface area contributed by atoms with Gasteiger partial charge in [0.2, 0.25) is 11.8 Å². The number of methoxy groups -OCH3 is 1. The molecule has 1 saturated carbocycles. The second-order valence-electron chi connectivity index (χ2n) is 9.15. The molecule has 0 spiro atoms. The van der Waals surface area contributed by atoms with Gasteiger partial charge in [0.1, 0.15) is 11.8 Å². The quantitative estimate of drug-likeness (QED) is 0.378. The van der Waals surface area contributed by atoms with Gasteiger partial charge < -0.3 is 10.1 Å². The van der Waals surface area contributed by atoms with Gasteiger partial charge in [-0.2, -0.15) is 0 Å². The van der Waals surface area contributed by atoms with E-state index in [-0.39, 0.29) is 30.1 Å². The third-order valence-electron chi connectivity index (χ3n) is 6.59. The summed E-state index contributed by atoms with van der Waals surface area (Å²) in [5.41, 5.74) is 1.68. The molecular formula is C29H32N2O4S. The number of rotatable bonds is 9. The van der Waals surface area contributed by atoms with Crippen molar-refractivity contribution in [3.8, 4) is 5.75 Å². The summed E-state index contributed by atoms with van der Waals surface area (Å²) in [5.74, 6) is 0.132. The standard InChI is InChI=1S/C29H32N2O4S/c1-20(32)22-8-6-11-24(18-22)31(27(33)19-26-12-7-17-36-26)28(21-13-15-25(35-2)16-14-21)29(34)30-23-9-4-3-5-10-23/h6-8,11-18,23,28H,3-5,9-10,19H2,1-2H3,(H,30,34). The number of carbonyl (C=O) groups is 3. The molecule has 0 saturated heterocycles. The van der Waals surface area contributed by atoms with Crippen molar-refractivity contribution in [2.75, 3.05) is 12.0 Å². The molecule has 1 fully saturated rings. The molecule has 0 bridgehead atoms. The van der Waals surface area contributed by atoms with E-state index in [0.717, 1.165) is 30.6 Å². The molecule has 1 unspecified atom stereocenters. The van der Waals surface area contributed by atoms with Crippen LogP contribution in [0.1, 0.15) is 65.9 Å². The van der Waals surface area contributed by atoms with Gasteiger partial charge in [-0.1, -0.05) is 49.6 Å². The van der Waals surface area contributed by atoms with E-state index in [4.69, 9.17) is 4.74 Å². The summed E-state index contributed by atoms with van der Waals surface area (Å²) >= 11 is 1.50. The van der Waals surface area contributed by atoms with Crippen LogP contribution in [-0.2, 0) is 16.0 Å². The Hall–Kier alpha value is -3.45. The zero-order valence-corrected chi connectivity index (χ0v) is 21.6. The van der Waals surface area contributed by atoms with Crippen LogP contribution in [-0.4, -0.2) is 30.7 Å². The van der Waals surface area contributed by atoms with Crippen molar-refractivity contribution in [2.24, 2.45) is 0 Å². The predicted octanol–water partition coefficient (Wildman–Crippen LogP) is 5.73. The smallest absolute Gasteiger partial charge is 0.248 e. The Balaban J connectivity index is 1.78. The van der Waals surface area contributed by atoms with Gasteiger partial charge in [-0.3, -0.25) is 19.3 Å². The Kier molecular flexibility index (Phi) is 8.54. The number of thiophene rings is 1. The highest BCUT2D eigenvalue weighted by molar-refractivity contribution is 7.10. The molecule has 1 heterocycles. The maximum Gasteiger partial charge on any atom is 0.248 e. The molecule has 188 valence electrons. The highest BCUT2D eigenvalue weighted by Gasteiger charge is 2.34. The van der Waals surface area contributed by atoms with Crippen LogP contribution in [0, 0.1) is 0 Å². The average Bonchev–Trinajstić information content (AvgIpc) is 3.41. The number of nitrogens with one attached hydrogen (secondary N) is 1. The molecule has 1 aromatic heterocycles. The van der Waals surface area contributed by atoms with E-state index in [9.17, 15) is 14.4 Å². The topological polar surface area (TPSA) is 75.7 Å². The number of carbonyl (C=O) groups excluding carboxylic acids is 3. The largest absolute Gasteiger partial charge is 0.497 e. The van der Waals surface area contributed by atoms with Crippen LogP contribution >= 0.6 is 11.3 Å². The number of hydrogen-bond donors (Lipinski definition) is 1. The number of hydrogen-bond acceptors (Lipinski definition) is 5. The minimum absolute atomic E-state index is 0.0878. The lowest BCUT2D eigenvalue weighted by atomic mass is 9.94. The summed E-state index contributed by atoms with van der Waals surface area (Å²) in [6, 6.07) is 17.2. The third kappa shape index (κ3) is 6.21. The highest BCUT2D eigenvalue weighted by atomic mass is 32.1. The fourth-order valence-electron chi connectivity index (χ4n) is 4.69. The number of nitrogens with zero attached hydrogens (tertiary/aromatic N) is 1. The summed E-state index contributed by atoms with van der Waals surface area (Å²) in [6.07, 6.45) is 5.37. The van der Waals surface area contributed by atoms with Gasteiger partial charge in [-0.05, 0) is 61.0 Å². The van der Waals surface area contributed by atoms with Gasteiger partial charge >= 0.3 is 0 Å². The van der Waals surface area contributed by atoms with Crippen LogP contribution < -0.4 is 15.0 Å². The summed E-state index contributed by atoms with van der Waals surface area (Å²) in [5, 5.41) is 5.15. The van der Waals surface area contributed by atoms with E-state index in [1.54, 1.807) is 48.4 Å². The molecule has 3 aromatic rings. The van der Waals surface area contributed by atoms with Crippen molar-refractivity contribution in [3.05, 3.63) is 82.0 Å². The molecule has 1 aliphatic rings. The van der Waals surface area contributed by atoms with Crippen LogP contribution in [0.2, 0.25) is 0 Å².